The fraction of sp³-hybridized carbons (Fsp3) is 0.529. The number of hydrogen-bond donors (Lipinski definition) is 1. The highest BCUT2D eigenvalue weighted by molar-refractivity contribution is 5.20. The van der Waals surface area contributed by atoms with Crippen LogP contribution in [0.4, 0.5) is 0 Å². The van der Waals surface area contributed by atoms with Crippen LogP contribution in [-0.4, -0.2) is 22.8 Å². The third-order valence-electron chi connectivity index (χ3n) is 4.04. The van der Waals surface area contributed by atoms with Gasteiger partial charge >= 0.3 is 0 Å². The van der Waals surface area contributed by atoms with E-state index in [1.165, 1.54) is 25.7 Å². The van der Waals surface area contributed by atoms with Crippen LogP contribution in [0, 0.1) is 0 Å². The number of benzene rings is 1. The molecule has 118 valence electrons. The molecule has 0 saturated heterocycles. The van der Waals surface area contributed by atoms with Gasteiger partial charge in [0.1, 0.15) is 12.4 Å². The van der Waals surface area contributed by atoms with Crippen LogP contribution in [0.3, 0.4) is 0 Å². The number of rotatable bonds is 7. The van der Waals surface area contributed by atoms with E-state index in [9.17, 15) is 0 Å². The van der Waals surface area contributed by atoms with Crippen LogP contribution in [0.5, 0.6) is 5.75 Å². The lowest BCUT2D eigenvalue weighted by Gasteiger charge is -2.13. The van der Waals surface area contributed by atoms with Gasteiger partial charge in [-0.1, -0.05) is 36.2 Å². The fourth-order valence-electron chi connectivity index (χ4n) is 2.74. The highest BCUT2D eigenvalue weighted by Gasteiger charge is 2.22. The van der Waals surface area contributed by atoms with Crippen molar-refractivity contribution in [2.24, 2.45) is 0 Å². The maximum Gasteiger partial charge on any atom is 0.229 e. The average molecular weight is 301 g/mol. The van der Waals surface area contributed by atoms with Crippen molar-refractivity contribution in [3.63, 3.8) is 0 Å². The van der Waals surface area contributed by atoms with Crippen LogP contribution in [0.15, 0.2) is 34.9 Å². The van der Waals surface area contributed by atoms with Crippen molar-refractivity contribution in [1.29, 1.82) is 0 Å². The summed E-state index contributed by atoms with van der Waals surface area (Å²) in [6.07, 6.45) is 4.90. The van der Waals surface area contributed by atoms with Crippen molar-refractivity contribution in [2.45, 2.75) is 51.1 Å². The zero-order valence-electron chi connectivity index (χ0n) is 13.0. The van der Waals surface area contributed by atoms with Crippen LogP contribution in [0.25, 0.3) is 0 Å². The Balaban J connectivity index is 1.42. The first kappa shape index (κ1) is 15.0. The molecule has 22 heavy (non-hydrogen) atoms. The van der Waals surface area contributed by atoms with E-state index < -0.39 is 0 Å². The van der Waals surface area contributed by atoms with E-state index in [-0.39, 0.29) is 6.04 Å². The molecule has 1 aliphatic rings. The lowest BCUT2D eigenvalue weighted by Crippen LogP contribution is -2.31. The zero-order chi connectivity index (χ0) is 15.2. The summed E-state index contributed by atoms with van der Waals surface area (Å²) < 4.78 is 11.1. The summed E-state index contributed by atoms with van der Waals surface area (Å²) in [5.74, 6) is 2.90. The molecular weight excluding hydrogens is 278 g/mol. The maximum absolute atomic E-state index is 5.72. The minimum absolute atomic E-state index is 0.216. The highest BCUT2D eigenvalue weighted by Crippen LogP contribution is 2.32. The van der Waals surface area contributed by atoms with Gasteiger partial charge < -0.3 is 14.6 Å². The summed E-state index contributed by atoms with van der Waals surface area (Å²) in [4.78, 5) is 4.50. The summed E-state index contributed by atoms with van der Waals surface area (Å²) >= 11 is 0. The third kappa shape index (κ3) is 4.07. The zero-order valence-corrected chi connectivity index (χ0v) is 13.0. The summed E-state index contributed by atoms with van der Waals surface area (Å²) in [6.45, 7) is 3.30. The number of nitrogens with one attached hydrogen (secondary N) is 1. The average Bonchev–Trinajstić information content (AvgIpc) is 3.22. The smallest absolute Gasteiger partial charge is 0.229 e. The molecule has 0 amide bonds. The number of hydrogen-bond acceptors (Lipinski definition) is 5. The molecule has 1 saturated carbocycles. The molecule has 1 aromatic heterocycles. The van der Waals surface area contributed by atoms with Crippen molar-refractivity contribution >= 4 is 0 Å². The van der Waals surface area contributed by atoms with Crippen molar-refractivity contribution < 1.29 is 9.26 Å². The second-order valence-electron chi connectivity index (χ2n) is 5.94. The highest BCUT2D eigenvalue weighted by atomic mass is 16.5. The Labute approximate surface area is 131 Å². The molecule has 1 aliphatic carbocycles. The summed E-state index contributed by atoms with van der Waals surface area (Å²) in [6, 6.07) is 10.1. The van der Waals surface area contributed by atoms with Gasteiger partial charge in [-0.15, -0.1) is 0 Å². The molecule has 5 nitrogen and oxygen atoms in total. The molecule has 5 heteroatoms. The minimum atomic E-state index is 0.216. The van der Waals surface area contributed by atoms with E-state index in [0.29, 0.717) is 19.1 Å². The van der Waals surface area contributed by atoms with E-state index in [1.807, 2.05) is 30.3 Å². The van der Waals surface area contributed by atoms with Gasteiger partial charge in [-0.3, -0.25) is 0 Å². The lowest BCUT2D eigenvalue weighted by atomic mass is 10.1. The first-order valence-electron chi connectivity index (χ1n) is 8.05. The molecule has 1 atom stereocenters. The largest absolute Gasteiger partial charge is 0.492 e. The Morgan fingerprint density at radius 2 is 2.05 bits per heavy atom. The molecule has 1 fully saturated rings. The Morgan fingerprint density at radius 1 is 1.27 bits per heavy atom. The standard InChI is InChI=1S/C17H23N3O2/c1-13(12-21-15-9-3-2-4-10-15)18-11-16-19-17(22-20-16)14-7-5-6-8-14/h2-4,9-10,13-14,18H,5-8,11-12H2,1H3/t13-/m0/s1. The predicted molar refractivity (Wildman–Crippen MR) is 83.7 cm³/mol. The quantitative estimate of drug-likeness (QED) is 0.850. The van der Waals surface area contributed by atoms with E-state index in [2.05, 4.69) is 22.4 Å². The monoisotopic (exact) mass is 301 g/mol. The number of para-hydroxylation sites is 1. The number of nitrogens with zero attached hydrogens (tertiary/aromatic N) is 2. The molecule has 0 aliphatic heterocycles. The molecule has 2 aromatic rings. The van der Waals surface area contributed by atoms with Crippen LogP contribution in [0.1, 0.15) is 50.2 Å². The molecule has 0 unspecified atom stereocenters. The summed E-state index contributed by atoms with van der Waals surface area (Å²) in [5, 5.41) is 7.42. The van der Waals surface area contributed by atoms with Crippen LogP contribution < -0.4 is 10.1 Å². The molecule has 0 radical (unpaired) electrons. The topological polar surface area (TPSA) is 60.2 Å². The van der Waals surface area contributed by atoms with Crippen LogP contribution in [-0.2, 0) is 6.54 Å². The van der Waals surface area contributed by atoms with Crippen molar-refractivity contribution in [3.8, 4) is 5.75 Å². The fourth-order valence-corrected chi connectivity index (χ4v) is 2.74. The van der Waals surface area contributed by atoms with Gasteiger partial charge in [-0.05, 0) is 31.9 Å². The number of aromatic nitrogens is 2. The summed E-state index contributed by atoms with van der Waals surface area (Å²) in [5.41, 5.74) is 0. The molecule has 1 N–H and O–H groups in total. The normalized spacial score (nSPS) is 16.8. The van der Waals surface area contributed by atoms with Crippen molar-refractivity contribution in [2.75, 3.05) is 6.61 Å². The summed E-state index contributed by atoms with van der Waals surface area (Å²) in [7, 11) is 0. The van der Waals surface area contributed by atoms with Gasteiger partial charge in [0.25, 0.3) is 0 Å². The number of ether oxygens (including phenoxy) is 1. The van der Waals surface area contributed by atoms with Crippen LogP contribution in [0.2, 0.25) is 0 Å². The molecule has 0 bridgehead atoms. The van der Waals surface area contributed by atoms with Gasteiger partial charge in [0, 0.05) is 12.0 Å². The van der Waals surface area contributed by atoms with Crippen LogP contribution >= 0.6 is 0 Å². The Bertz CT molecular complexity index is 564. The minimum Gasteiger partial charge on any atom is -0.492 e. The Hall–Kier alpha value is -1.88. The maximum atomic E-state index is 5.72. The third-order valence-corrected chi connectivity index (χ3v) is 4.04. The SMILES string of the molecule is C[C@@H](COc1ccccc1)NCc1noc(C2CCCC2)n1. The Kier molecular flexibility index (Phi) is 5.06. The first-order valence-corrected chi connectivity index (χ1v) is 8.05. The van der Waals surface area contributed by atoms with E-state index in [0.717, 1.165) is 17.5 Å². The van der Waals surface area contributed by atoms with Gasteiger partial charge in [0.15, 0.2) is 5.82 Å². The van der Waals surface area contributed by atoms with Gasteiger partial charge in [-0.2, -0.15) is 4.98 Å². The second-order valence-corrected chi connectivity index (χ2v) is 5.94. The van der Waals surface area contributed by atoms with Gasteiger partial charge in [0.05, 0.1) is 6.54 Å². The lowest BCUT2D eigenvalue weighted by molar-refractivity contribution is 0.271. The Morgan fingerprint density at radius 3 is 2.82 bits per heavy atom. The molecular formula is C17H23N3O2. The second kappa shape index (κ2) is 7.40. The van der Waals surface area contributed by atoms with E-state index >= 15 is 0 Å². The predicted octanol–water partition coefficient (Wildman–Crippen LogP) is 3.28. The van der Waals surface area contributed by atoms with Crippen molar-refractivity contribution in [1.82, 2.24) is 15.5 Å². The van der Waals surface area contributed by atoms with Gasteiger partial charge in [-0.25, -0.2) is 0 Å². The first-order chi connectivity index (χ1) is 10.8. The molecule has 3 rings (SSSR count). The van der Waals surface area contributed by atoms with E-state index in [4.69, 9.17) is 9.26 Å². The molecule has 0 spiro atoms. The molecule has 1 heterocycles. The van der Waals surface area contributed by atoms with E-state index in [1.54, 1.807) is 0 Å². The molecule has 1 aromatic carbocycles. The van der Waals surface area contributed by atoms with Crippen molar-refractivity contribution in [3.05, 3.63) is 42.0 Å². The van der Waals surface area contributed by atoms with Gasteiger partial charge in [0.2, 0.25) is 5.89 Å².